The lowest BCUT2D eigenvalue weighted by molar-refractivity contribution is -0.142. The monoisotopic (exact) mass is 268 g/mol. The molecule has 1 heterocycles. The van der Waals surface area contributed by atoms with Crippen molar-refractivity contribution in [1.29, 1.82) is 0 Å². The summed E-state index contributed by atoms with van der Waals surface area (Å²) in [7, 11) is 1.74. The Labute approximate surface area is 116 Å². The van der Waals surface area contributed by atoms with E-state index in [1.807, 2.05) is 4.90 Å². The molecule has 0 bridgehead atoms. The summed E-state index contributed by atoms with van der Waals surface area (Å²) in [6, 6.07) is 0.0454. The second kappa shape index (κ2) is 6.23. The number of likely N-dealkylation sites (tertiary alicyclic amines) is 1. The van der Waals surface area contributed by atoms with Gasteiger partial charge in [0.2, 0.25) is 5.91 Å². The van der Waals surface area contributed by atoms with Crippen molar-refractivity contribution in [3.8, 4) is 0 Å². The van der Waals surface area contributed by atoms with E-state index in [9.17, 15) is 4.79 Å². The first kappa shape index (κ1) is 14.8. The van der Waals surface area contributed by atoms with Gasteiger partial charge in [0.15, 0.2) is 0 Å². The van der Waals surface area contributed by atoms with E-state index in [2.05, 4.69) is 13.8 Å². The van der Waals surface area contributed by atoms with E-state index in [0.29, 0.717) is 11.8 Å². The van der Waals surface area contributed by atoms with Crippen LogP contribution in [0.5, 0.6) is 0 Å². The molecule has 0 spiro atoms. The maximum atomic E-state index is 12.7. The molecule has 2 aliphatic rings. The lowest BCUT2D eigenvalue weighted by Gasteiger charge is -2.40. The minimum Gasteiger partial charge on any atom is -0.379 e. The van der Waals surface area contributed by atoms with Crippen LogP contribution in [0.4, 0.5) is 0 Å². The lowest BCUT2D eigenvalue weighted by atomic mass is 9.78. The molecule has 5 unspecified atom stereocenters. The van der Waals surface area contributed by atoms with Crippen LogP contribution in [0.3, 0.4) is 0 Å². The summed E-state index contributed by atoms with van der Waals surface area (Å²) in [6.07, 6.45) is 4.29. The Hall–Kier alpha value is -0.610. The topological polar surface area (TPSA) is 55.6 Å². The molecule has 4 nitrogen and oxygen atoms in total. The van der Waals surface area contributed by atoms with Crippen molar-refractivity contribution >= 4 is 5.91 Å². The van der Waals surface area contributed by atoms with Gasteiger partial charge in [0.25, 0.3) is 0 Å². The fourth-order valence-electron chi connectivity index (χ4n) is 3.46. The van der Waals surface area contributed by atoms with Crippen molar-refractivity contribution in [3.05, 3.63) is 0 Å². The van der Waals surface area contributed by atoms with Crippen molar-refractivity contribution in [2.75, 3.05) is 20.2 Å². The van der Waals surface area contributed by atoms with Gasteiger partial charge in [-0.15, -0.1) is 0 Å². The zero-order valence-electron chi connectivity index (χ0n) is 12.5. The zero-order valence-corrected chi connectivity index (χ0v) is 12.5. The van der Waals surface area contributed by atoms with Crippen LogP contribution in [0.2, 0.25) is 0 Å². The molecule has 0 aromatic carbocycles. The average Bonchev–Trinajstić information content (AvgIpc) is 2.41. The summed E-state index contributed by atoms with van der Waals surface area (Å²) in [5.74, 6) is 1.44. The van der Waals surface area contributed by atoms with Crippen LogP contribution in [0, 0.1) is 17.8 Å². The Morgan fingerprint density at radius 3 is 2.68 bits per heavy atom. The molecule has 5 atom stereocenters. The maximum Gasteiger partial charge on any atom is 0.227 e. The van der Waals surface area contributed by atoms with Crippen LogP contribution in [-0.4, -0.2) is 43.2 Å². The third-order valence-electron chi connectivity index (χ3n) is 4.99. The van der Waals surface area contributed by atoms with Crippen LogP contribution in [0.15, 0.2) is 0 Å². The summed E-state index contributed by atoms with van der Waals surface area (Å²) in [5.41, 5.74) is 6.16. The number of carbonyl (C=O) groups is 1. The SMILES string of the molecule is COC1CN(C(=O)C2CC(C)CCC2N)CCC1C. The normalized spacial score (nSPS) is 40.2. The Bertz CT molecular complexity index is 321. The summed E-state index contributed by atoms with van der Waals surface area (Å²) < 4.78 is 5.49. The highest BCUT2D eigenvalue weighted by molar-refractivity contribution is 5.80. The largest absolute Gasteiger partial charge is 0.379 e. The molecule has 0 radical (unpaired) electrons. The fraction of sp³-hybridized carbons (Fsp3) is 0.933. The van der Waals surface area contributed by atoms with Crippen molar-refractivity contribution in [3.63, 3.8) is 0 Å². The number of rotatable bonds is 2. The first-order chi connectivity index (χ1) is 9.02. The first-order valence-corrected chi connectivity index (χ1v) is 7.60. The molecule has 0 aromatic heterocycles. The standard InChI is InChI=1S/C15H28N2O2/c1-10-4-5-13(16)12(8-10)15(18)17-7-6-11(2)14(9-17)19-3/h10-14H,4-9,16H2,1-3H3. The van der Waals surface area contributed by atoms with Crippen molar-refractivity contribution < 1.29 is 9.53 Å². The predicted octanol–water partition coefficient (Wildman–Crippen LogP) is 1.63. The number of hydrogen-bond acceptors (Lipinski definition) is 3. The van der Waals surface area contributed by atoms with E-state index in [1.165, 1.54) is 0 Å². The molecule has 1 saturated carbocycles. The highest BCUT2D eigenvalue weighted by atomic mass is 16.5. The molecule has 1 amide bonds. The van der Waals surface area contributed by atoms with Crippen LogP contribution in [0.1, 0.15) is 39.5 Å². The summed E-state index contributed by atoms with van der Waals surface area (Å²) >= 11 is 0. The molecule has 0 aromatic rings. The maximum absolute atomic E-state index is 12.7. The smallest absolute Gasteiger partial charge is 0.227 e. The van der Waals surface area contributed by atoms with Crippen LogP contribution < -0.4 is 5.73 Å². The van der Waals surface area contributed by atoms with Crippen molar-refractivity contribution in [2.45, 2.75) is 51.7 Å². The van der Waals surface area contributed by atoms with Crippen molar-refractivity contribution in [1.82, 2.24) is 4.90 Å². The minimum atomic E-state index is 0.0228. The highest BCUT2D eigenvalue weighted by Gasteiger charge is 2.37. The van der Waals surface area contributed by atoms with Gasteiger partial charge in [-0.2, -0.15) is 0 Å². The van der Waals surface area contributed by atoms with Gasteiger partial charge in [0.1, 0.15) is 0 Å². The molecule has 110 valence electrons. The van der Waals surface area contributed by atoms with Gasteiger partial charge in [-0.3, -0.25) is 4.79 Å². The van der Waals surface area contributed by atoms with Crippen LogP contribution in [-0.2, 0) is 9.53 Å². The predicted molar refractivity (Wildman–Crippen MR) is 75.6 cm³/mol. The van der Waals surface area contributed by atoms with E-state index in [4.69, 9.17) is 10.5 Å². The van der Waals surface area contributed by atoms with E-state index in [-0.39, 0.29) is 24.0 Å². The number of nitrogens with two attached hydrogens (primary N) is 1. The summed E-state index contributed by atoms with van der Waals surface area (Å²) in [5, 5.41) is 0. The second-order valence-electron chi connectivity index (χ2n) is 6.51. The van der Waals surface area contributed by atoms with Crippen molar-refractivity contribution in [2.24, 2.45) is 23.5 Å². The van der Waals surface area contributed by atoms with Gasteiger partial charge in [-0.25, -0.2) is 0 Å². The second-order valence-corrected chi connectivity index (χ2v) is 6.51. The lowest BCUT2D eigenvalue weighted by Crippen LogP contribution is -2.52. The van der Waals surface area contributed by atoms with Gasteiger partial charge in [-0.1, -0.05) is 13.8 Å². The molecular formula is C15H28N2O2. The summed E-state index contributed by atoms with van der Waals surface area (Å²) in [6.45, 7) is 6.01. The third kappa shape index (κ3) is 3.29. The molecule has 4 heteroatoms. The van der Waals surface area contributed by atoms with Gasteiger partial charge in [0, 0.05) is 26.2 Å². The quantitative estimate of drug-likeness (QED) is 0.828. The molecule has 19 heavy (non-hydrogen) atoms. The molecule has 1 saturated heterocycles. The number of hydrogen-bond donors (Lipinski definition) is 1. The molecule has 1 aliphatic heterocycles. The molecular weight excluding hydrogens is 240 g/mol. The Kier molecular flexibility index (Phi) is 4.85. The summed E-state index contributed by atoms with van der Waals surface area (Å²) in [4.78, 5) is 14.7. The third-order valence-corrected chi connectivity index (χ3v) is 4.99. The Morgan fingerprint density at radius 2 is 2.00 bits per heavy atom. The molecule has 2 fully saturated rings. The fourth-order valence-corrected chi connectivity index (χ4v) is 3.46. The van der Waals surface area contributed by atoms with Gasteiger partial charge < -0.3 is 15.4 Å². The number of ether oxygens (including phenoxy) is 1. The van der Waals surface area contributed by atoms with E-state index < -0.39 is 0 Å². The molecule has 2 rings (SSSR count). The van der Waals surface area contributed by atoms with Crippen LogP contribution >= 0.6 is 0 Å². The number of amides is 1. The van der Waals surface area contributed by atoms with E-state index in [1.54, 1.807) is 7.11 Å². The molecule has 1 aliphatic carbocycles. The Morgan fingerprint density at radius 1 is 1.26 bits per heavy atom. The number of piperidine rings is 1. The average molecular weight is 268 g/mol. The number of nitrogens with zero attached hydrogens (tertiary/aromatic N) is 1. The number of methoxy groups -OCH3 is 1. The first-order valence-electron chi connectivity index (χ1n) is 7.60. The Balaban J connectivity index is 1.98. The zero-order chi connectivity index (χ0) is 14.0. The van der Waals surface area contributed by atoms with Gasteiger partial charge >= 0.3 is 0 Å². The van der Waals surface area contributed by atoms with E-state index in [0.717, 1.165) is 38.8 Å². The minimum absolute atomic E-state index is 0.0228. The van der Waals surface area contributed by atoms with Crippen LogP contribution in [0.25, 0.3) is 0 Å². The van der Waals surface area contributed by atoms with E-state index >= 15 is 0 Å². The van der Waals surface area contributed by atoms with Gasteiger partial charge in [0.05, 0.1) is 12.0 Å². The highest BCUT2D eigenvalue weighted by Crippen LogP contribution is 2.30. The number of carbonyl (C=O) groups excluding carboxylic acids is 1. The van der Waals surface area contributed by atoms with Gasteiger partial charge in [-0.05, 0) is 37.5 Å². The molecule has 2 N–H and O–H groups in total.